The van der Waals surface area contributed by atoms with Gasteiger partial charge in [-0.15, -0.1) is 0 Å². The average Bonchev–Trinajstić information content (AvgIpc) is 1.97. The van der Waals surface area contributed by atoms with Gasteiger partial charge < -0.3 is 14.9 Å². The Kier molecular flexibility index (Phi) is 5.53. The maximum absolute atomic E-state index is 9.65. The molecule has 0 rings (SSSR count). The number of aliphatic hydroxyl groups excluding tert-OH is 1. The molecule has 0 aliphatic heterocycles. The van der Waals surface area contributed by atoms with Crippen LogP contribution in [0.15, 0.2) is 0 Å². The molecule has 0 radical (unpaired) electrons. The largest absolute Gasteiger partial charge is 0.386 e. The molecule has 2 unspecified atom stereocenters. The average molecular weight is 189 g/mol. The van der Waals surface area contributed by atoms with Crippen molar-refractivity contribution in [3.05, 3.63) is 0 Å². The number of aliphatic hydroxyl groups is 1. The zero-order valence-corrected chi connectivity index (χ0v) is 9.67. The number of rotatable bonds is 6. The van der Waals surface area contributed by atoms with Crippen LogP contribution in [0.1, 0.15) is 20.3 Å². The van der Waals surface area contributed by atoms with E-state index in [4.69, 9.17) is 0 Å². The van der Waals surface area contributed by atoms with Gasteiger partial charge >= 0.3 is 0 Å². The molecule has 2 atom stereocenters. The number of likely N-dealkylation sites (N-methyl/N-ethyl adjacent to an activating group) is 1. The van der Waals surface area contributed by atoms with Crippen molar-refractivity contribution in [2.45, 2.75) is 32.4 Å². The fraction of sp³-hybridized carbons (Fsp3) is 1.00. The lowest BCUT2D eigenvalue weighted by Gasteiger charge is -2.27. The zero-order valence-electron chi connectivity index (χ0n) is 9.67. The predicted octanol–water partition coefficient (Wildman–Crippen LogP) is 0.442. The summed E-state index contributed by atoms with van der Waals surface area (Å²) in [6.07, 6.45) is 0.867. The second kappa shape index (κ2) is 5.58. The van der Waals surface area contributed by atoms with Crippen molar-refractivity contribution in [1.82, 2.24) is 5.32 Å². The van der Waals surface area contributed by atoms with E-state index in [0.717, 1.165) is 17.4 Å². The first kappa shape index (κ1) is 12.9. The van der Waals surface area contributed by atoms with Gasteiger partial charge in [0.1, 0.15) is 12.6 Å². The highest BCUT2D eigenvalue weighted by molar-refractivity contribution is 4.63. The Morgan fingerprint density at radius 2 is 1.85 bits per heavy atom. The Morgan fingerprint density at radius 1 is 1.31 bits per heavy atom. The third-order valence-electron chi connectivity index (χ3n) is 2.07. The Hall–Kier alpha value is -0.120. The van der Waals surface area contributed by atoms with E-state index in [-0.39, 0.29) is 6.10 Å². The number of hydrogen-bond donors (Lipinski definition) is 2. The van der Waals surface area contributed by atoms with Crippen LogP contribution in [0.4, 0.5) is 0 Å². The van der Waals surface area contributed by atoms with Crippen LogP contribution >= 0.6 is 0 Å². The minimum atomic E-state index is -0.242. The SMILES string of the molecule is CCC(C)NCC(O)C[N+](C)(C)C. The van der Waals surface area contributed by atoms with E-state index < -0.39 is 0 Å². The molecular weight excluding hydrogens is 164 g/mol. The van der Waals surface area contributed by atoms with Crippen LogP contribution in [-0.4, -0.2) is 56.0 Å². The molecule has 0 aromatic carbocycles. The van der Waals surface area contributed by atoms with Crippen molar-refractivity contribution >= 4 is 0 Å². The normalized spacial score (nSPS) is 17.1. The van der Waals surface area contributed by atoms with Gasteiger partial charge in [-0.1, -0.05) is 6.92 Å². The molecule has 3 heteroatoms. The molecule has 0 aliphatic carbocycles. The van der Waals surface area contributed by atoms with Gasteiger partial charge in [-0.3, -0.25) is 0 Å². The number of hydrogen-bond acceptors (Lipinski definition) is 2. The van der Waals surface area contributed by atoms with Gasteiger partial charge in [0.05, 0.1) is 21.1 Å². The van der Waals surface area contributed by atoms with Crippen molar-refractivity contribution in [3.8, 4) is 0 Å². The summed E-state index contributed by atoms with van der Waals surface area (Å²) < 4.78 is 0.809. The molecule has 0 saturated carbocycles. The molecule has 0 amide bonds. The van der Waals surface area contributed by atoms with Gasteiger partial charge in [0.25, 0.3) is 0 Å². The maximum Gasteiger partial charge on any atom is 0.115 e. The summed E-state index contributed by atoms with van der Waals surface area (Å²) in [4.78, 5) is 0. The highest BCUT2D eigenvalue weighted by Crippen LogP contribution is 1.95. The van der Waals surface area contributed by atoms with Crippen LogP contribution in [0.2, 0.25) is 0 Å². The Bertz CT molecular complexity index is 131. The van der Waals surface area contributed by atoms with Crippen LogP contribution in [0.25, 0.3) is 0 Å². The molecular formula is C10H25N2O+. The summed E-state index contributed by atoms with van der Waals surface area (Å²) in [7, 11) is 6.27. The molecule has 0 spiro atoms. The predicted molar refractivity (Wildman–Crippen MR) is 56.7 cm³/mol. The fourth-order valence-corrected chi connectivity index (χ4v) is 1.18. The van der Waals surface area contributed by atoms with E-state index in [0.29, 0.717) is 12.6 Å². The van der Waals surface area contributed by atoms with Crippen molar-refractivity contribution in [1.29, 1.82) is 0 Å². The van der Waals surface area contributed by atoms with Gasteiger partial charge in [-0.25, -0.2) is 0 Å². The molecule has 0 saturated heterocycles. The number of nitrogens with one attached hydrogen (secondary N) is 1. The highest BCUT2D eigenvalue weighted by atomic mass is 16.3. The van der Waals surface area contributed by atoms with Gasteiger partial charge in [-0.2, -0.15) is 0 Å². The van der Waals surface area contributed by atoms with Gasteiger partial charge in [0.15, 0.2) is 0 Å². The Balaban J connectivity index is 3.57. The number of nitrogens with zero attached hydrogens (tertiary/aromatic N) is 1. The lowest BCUT2D eigenvalue weighted by molar-refractivity contribution is -0.873. The van der Waals surface area contributed by atoms with E-state index in [1.807, 2.05) is 0 Å². The third-order valence-corrected chi connectivity index (χ3v) is 2.07. The molecule has 13 heavy (non-hydrogen) atoms. The lowest BCUT2D eigenvalue weighted by Crippen LogP contribution is -2.46. The fourth-order valence-electron chi connectivity index (χ4n) is 1.18. The second-order valence-electron chi connectivity index (χ2n) is 4.84. The van der Waals surface area contributed by atoms with Crippen LogP contribution in [0.3, 0.4) is 0 Å². The van der Waals surface area contributed by atoms with E-state index >= 15 is 0 Å². The molecule has 0 fully saturated rings. The van der Waals surface area contributed by atoms with E-state index in [9.17, 15) is 5.11 Å². The first-order valence-corrected chi connectivity index (χ1v) is 5.07. The summed E-state index contributed by atoms with van der Waals surface area (Å²) in [6.45, 7) is 5.77. The van der Waals surface area contributed by atoms with E-state index in [2.05, 4.69) is 40.3 Å². The Morgan fingerprint density at radius 3 is 2.23 bits per heavy atom. The molecule has 2 N–H and O–H groups in total. The Labute approximate surface area is 82.3 Å². The smallest absolute Gasteiger partial charge is 0.115 e. The minimum absolute atomic E-state index is 0.242. The summed E-state index contributed by atoms with van der Waals surface area (Å²) in [5, 5.41) is 12.9. The minimum Gasteiger partial charge on any atom is -0.386 e. The topological polar surface area (TPSA) is 32.3 Å². The van der Waals surface area contributed by atoms with Crippen molar-refractivity contribution < 1.29 is 9.59 Å². The molecule has 80 valence electrons. The van der Waals surface area contributed by atoms with Gasteiger partial charge in [0.2, 0.25) is 0 Å². The molecule has 0 bridgehead atoms. The first-order chi connectivity index (χ1) is 5.85. The third kappa shape index (κ3) is 8.22. The van der Waals surface area contributed by atoms with E-state index in [1.165, 1.54) is 0 Å². The van der Waals surface area contributed by atoms with Crippen LogP contribution < -0.4 is 5.32 Å². The number of quaternary nitrogens is 1. The van der Waals surface area contributed by atoms with E-state index in [1.54, 1.807) is 0 Å². The zero-order chi connectivity index (χ0) is 10.5. The molecule has 3 nitrogen and oxygen atoms in total. The summed E-state index contributed by atoms with van der Waals surface area (Å²) in [5.74, 6) is 0. The summed E-state index contributed by atoms with van der Waals surface area (Å²) >= 11 is 0. The standard InChI is InChI=1S/C10H25N2O/c1-6-9(2)11-7-10(13)8-12(3,4)5/h9-11,13H,6-8H2,1-5H3/q+1. The maximum atomic E-state index is 9.65. The quantitative estimate of drug-likeness (QED) is 0.594. The summed E-state index contributed by atoms with van der Waals surface area (Å²) in [6, 6.07) is 0.502. The monoisotopic (exact) mass is 189 g/mol. The molecule has 0 aromatic rings. The molecule has 0 aliphatic rings. The molecule has 0 heterocycles. The summed E-state index contributed by atoms with van der Waals surface area (Å²) in [5.41, 5.74) is 0. The van der Waals surface area contributed by atoms with Crippen LogP contribution in [0.5, 0.6) is 0 Å². The van der Waals surface area contributed by atoms with Crippen molar-refractivity contribution in [3.63, 3.8) is 0 Å². The second-order valence-corrected chi connectivity index (χ2v) is 4.84. The van der Waals surface area contributed by atoms with Gasteiger partial charge in [-0.05, 0) is 13.3 Å². The highest BCUT2D eigenvalue weighted by Gasteiger charge is 2.15. The van der Waals surface area contributed by atoms with Crippen molar-refractivity contribution in [2.24, 2.45) is 0 Å². The van der Waals surface area contributed by atoms with Crippen LogP contribution in [-0.2, 0) is 0 Å². The first-order valence-electron chi connectivity index (χ1n) is 5.07. The molecule has 0 aromatic heterocycles. The lowest BCUT2D eigenvalue weighted by atomic mass is 10.2. The van der Waals surface area contributed by atoms with Gasteiger partial charge in [0, 0.05) is 12.6 Å². The van der Waals surface area contributed by atoms with Crippen molar-refractivity contribution in [2.75, 3.05) is 34.2 Å². The van der Waals surface area contributed by atoms with Crippen LogP contribution in [0, 0.1) is 0 Å².